The van der Waals surface area contributed by atoms with Gasteiger partial charge >= 0.3 is 5.97 Å². The number of methoxy groups -OCH3 is 1. The lowest BCUT2D eigenvalue weighted by atomic mass is 9.93. The topological polar surface area (TPSA) is 65.5 Å². The van der Waals surface area contributed by atoms with Crippen molar-refractivity contribution in [3.63, 3.8) is 0 Å². The Balaban J connectivity index is 1.88. The SMILES string of the molecule is CCOC(=O)c1cccc(C(=O)c2c(-c3ccc(OC)cc3)ncc3ccccc23)c1. The number of fused-ring (bicyclic) bond motifs is 1. The molecule has 5 heteroatoms. The summed E-state index contributed by atoms with van der Waals surface area (Å²) in [6.07, 6.45) is 1.76. The molecule has 0 aliphatic rings. The minimum absolute atomic E-state index is 0.207. The summed E-state index contributed by atoms with van der Waals surface area (Å²) >= 11 is 0. The van der Waals surface area contributed by atoms with E-state index < -0.39 is 5.97 Å². The average molecular weight is 411 g/mol. The van der Waals surface area contributed by atoms with Gasteiger partial charge in [-0.25, -0.2) is 4.79 Å². The predicted octanol–water partition coefficient (Wildman–Crippen LogP) is 5.32. The molecular weight excluding hydrogens is 390 g/mol. The van der Waals surface area contributed by atoms with Crippen LogP contribution >= 0.6 is 0 Å². The lowest BCUT2D eigenvalue weighted by Crippen LogP contribution is -2.09. The van der Waals surface area contributed by atoms with Crippen LogP contribution in [0.15, 0.2) is 79.0 Å². The van der Waals surface area contributed by atoms with Gasteiger partial charge in [0.1, 0.15) is 5.75 Å². The van der Waals surface area contributed by atoms with Gasteiger partial charge in [0.25, 0.3) is 0 Å². The van der Waals surface area contributed by atoms with Crippen LogP contribution in [0.1, 0.15) is 33.2 Å². The van der Waals surface area contributed by atoms with Gasteiger partial charge in [0.05, 0.1) is 30.5 Å². The summed E-state index contributed by atoms with van der Waals surface area (Å²) in [7, 11) is 1.61. The summed E-state index contributed by atoms with van der Waals surface area (Å²) in [4.78, 5) is 30.5. The van der Waals surface area contributed by atoms with Gasteiger partial charge in [-0.15, -0.1) is 0 Å². The van der Waals surface area contributed by atoms with E-state index in [4.69, 9.17) is 9.47 Å². The van der Waals surface area contributed by atoms with Crippen LogP contribution in [-0.2, 0) is 4.74 Å². The number of aromatic nitrogens is 1. The lowest BCUT2D eigenvalue weighted by Gasteiger charge is -2.13. The van der Waals surface area contributed by atoms with Crippen molar-refractivity contribution in [2.45, 2.75) is 6.92 Å². The molecule has 154 valence electrons. The Morgan fingerprint density at radius 3 is 2.39 bits per heavy atom. The number of esters is 1. The van der Waals surface area contributed by atoms with Crippen molar-refractivity contribution in [1.29, 1.82) is 0 Å². The van der Waals surface area contributed by atoms with Gasteiger partial charge in [0.2, 0.25) is 0 Å². The highest BCUT2D eigenvalue weighted by Gasteiger charge is 2.21. The molecular formula is C26H21NO4. The molecule has 31 heavy (non-hydrogen) atoms. The summed E-state index contributed by atoms with van der Waals surface area (Å²) in [5.41, 5.74) is 2.61. The Kier molecular flexibility index (Phi) is 5.76. The van der Waals surface area contributed by atoms with E-state index in [0.717, 1.165) is 22.1 Å². The first-order valence-corrected chi connectivity index (χ1v) is 9.96. The van der Waals surface area contributed by atoms with Crippen molar-refractivity contribution in [3.05, 3.63) is 95.7 Å². The average Bonchev–Trinajstić information content (AvgIpc) is 2.83. The van der Waals surface area contributed by atoms with E-state index in [-0.39, 0.29) is 12.4 Å². The number of pyridine rings is 1. The molecule has 0 amide bonds. The summed E-state index contributed by atoms with van der Waals surface area (Å²) in [6, 6.07) is 21.7. The monoisotopic (exact) mass is 411 g/mol. The normalized spacial score (nSPS) is 10.6. The fourth-order valence-electron chi connectivity index (χ4n) is 3.51. The molecule has 1 aromatic heterocycles. The van der Waals surface area contributed by atoms with Gasteiger partial charge in [-0.2, -0.15) is 0 Å². The molecule has 0 aliphatic heterocycles. The highest BCUT2D eigenvalue weighted by atomic mass is 16.5. The van der Waals surface area contributed by atoms with Gasteiger partial charge in [-0.05, 0) is 48.7 Å². The second-order valence-corrected chi connectivity index (χ2v) is 6.93. The van der Waals surface area contributed by atoms with Crippen LogP contribution in [0, 0.1) is 0 Å². The summed E-state index contributed by atoms with van der Waals surface area (Å²) < 4.78 is 10.3. The molecule has 4 aromatic rings. The van der Waals surface area contributed by atoms with Crippen molar-refractivity contribution in [2.24, 2.45) is 0 Å². The van der Waals surface area contributed by atoms with Crippen molar-refractivity contribution < 1.29 is 19.1 Å². The third kappa shape index (κ3) is 4.03. The Bertz CT molecular complexity index is 1260. The van der Waals surface area contributed by atoms with Crippen LogP contribution in [0.5, 0.6) is 5.75 Å². The molecule has 0 unspecified atom stereocenters. The van der Waals surface area contributed by atoms with Crippen molar-refractivity contribution in [2.75, 3.05) is 13.7 Å². The summed E-state index contributed by atoms with van der Waals surface area (Å²) in [5, 5.41) is 1.67. The van der Waals surface area contributed by atoms with E-state index in [2.05, 4.69) is 4.98 Å². The zero-order chi connectivity index (χ0) is 21.8. The van der Waals surface area contributed by atoms with Crippen LogP contribution in [0.2, 0.25) is 0 Å². The highest BCUT2D eigenvalue weighted by Crippen LogP contribution is 2.31. The molecule has 0 saturated carbocycles. The molecule has 1 heterocycles. The number of benzene rings is 3. The maximum atomic E-state index is 13.7. The first-order valence-electron chi connectivity index (χ1n) is 9.96. The minimum atomic E-state index is -0.455. The standard InChI is InChI=1S/C26H21NO4/c1-3-31-26(29)19-9-6-8-18(15-19)25(28)23-22-10-5-4-7-20(22)16-27-24(23)17-11-13-21(30-2)14-12-17/h4-16H,3H2,1-2H3. The minimum Gasteiger partial charge on any atom is -0.497 e. The van der Waals surface area contributed by atoms with E-state index in [1.54, 1.807) is 44.5 Å². The zero-order valence-corrected chi connectivity index (χ0v) is 17.3. The number of rotatable bonds is 6. The quantitative estimate of drug-likeness (QED) is 0.317. The number of hydrogen-bond donors (Lipinski definition) is 0. The molecule has 0 aliphatic carbocycles. The summed E-state index contributed by atoms with van der Waals surface area (Å²) in [5.74, 6) is 0.0596. The first-order chi connectivity index (χ1) is 15.1. The van der Waals surface area contributed by atoms with Crippen molar-refractivity contribution in [1.82, 2.24) is 4.98 Å². The van der Waals surface area contributed by atoms with Gasteiger partial charge in [-0.3, -0.25) is 9.78 Å². The zero-order valence-electron chi connectivity index (χ0n) is 17.3. The second kappa shape index (κ2) is 8.79. The van der Waals surface area contributed by atoms with Crippen LogP contribution in [-0.4, -0.2) is 30.5 Å². The number of nitrogens with zero attached hydrogens (tertiary/aromatic N) is 1. The molecule has 0 spiro atoms. The molecule has 3 aromatic carbocycles. The predicted molar refractivity (Wildman–Crippen MR) is 120 cm³/mol. The third-order valence-corrected chi connectivity index (χ3v) is 5.03. The first kappa shape index (κ1) is 20.3. The van der Waals surface area contributed by atoms with Crippen molar-refractivity contribution in [3.8, 4) is 17.0 Å². The maximum absolute atomic E-state index is 13.7. The molecule has 0 atom stereocenters. The van der Waals surface area contributed by atoms with Crippen LogP contribution < -0.4 is 4.74 Å². The fraction of sp³-hybridized carbons (Fsp3) is 0.115. The van der Waals surface area contributed by atoms with Gasteiger partial charge < -0.3 is 9.47 Å². The lowest BCUT2D eigenvalue weighted by molar-refractivity contribution is 0.0526. The van der Waals surface area contributed by atoms with Gasteiger partial charge in [-0.1, -0.05) is 36.4 Å². The smallest absolute Gasteiger partial charge is 0.338 e. The Morgan fingerprint density at radius 1 is 0.903 bits per heavy atom. The van der Waals surface area contributed by atoms with E-state index in [0.29, 0.717) is 22.4 Å². The molecule has 0 N–H and O–H groups in total. The molecule has 0 bridgehead atoms. The van der Waals surface area contributed by atoms with Crippen LogP contribution in [0.4, 0.5) is 0 Å². The maximum Gasteiger partial charge on any atom is 0.338 e. The number of carbonyl (C=O) groups is 2. The molecule has 0 fully saturated rings. The Hall–Kier alpha value is -3.99. The Morgan fingerprint density at radius 2 is 1.65 bits per heavy atom. The van der Waals surface area contributed by atoms with E-state index in [9.17, 15) is 9.59 Å². The van der Waals surface area contributed by atoms with E-state index in [1.165, 1.54) is 0 Å². The molecule has 0 saturated heterocycles. The number of carbonyl (C=O) groups excluding carboxylic acids is 2. The molecule has 4 rings (SSSR count). The number of hydrogen-bond acceptors (Lipinski definition) is 5. The van der Waals surface area contributed by atoms with Crippen LogP contribution in [0.25, 0.3) is 22.0 Å². The van der Waals surface area contributed by atoms with E-state index in [1.807, 2.05) is 48.5 Å². The summed E-state index contributed by atoms with van der Waals surface area (Å²) in [6.45, 7) is 2.02. The molecule has 0 radical (unpaired) electrons. The van der Waals surface area contributed by atoms with Gasteiger partial charge in [0.15, 0.2) is 5.78 Å². The second-order valence-electron chi connectivity index (χ2n) is 6.93. The van der Waals surface area contributed by atoms with Gasteiger partial charge in [0, 0.05) is 22.7 Å². The third-order valence-electron chi connectivity index (χ3n) is 5.03. The van der Waals surface area contributed by atoms with E-state index >= 15 is 0 Å². The number of ether oxygens (including phenoxy) is 2. The Labute approximate surface area is 180 Å². The number of ketones is 1. The largest absolute Gasteiger partial charge is 0.497 e. The highest BCUT2D eigenvalue weighted by molar-refractivity contribution is 6.20. The molecule has 5 nitrogen and oxygen atoms in total. The van der Waals surface area contributed by atoms with Crippen molar-refractivity contribution >= 4 is 22.5 Å². The van der Waals surface area contributed by atoms with Crippen LogP contribution in [0.3, 0.4) is 0 Å². The fourth-order valence-corrected chi connectivity index (χ4v) is 3.51.